The molecular weight excluding hydrogens is 262 g/mol. The van der Waals surface area contributed by atoms with E-state index in [9.17, 15) is 13.5 Å². The molecule has 0 saturated carbocycles. The van der Waals surface area contributed by atoms with Crippen molar-refractivity contribution >= 4 is 10.0 Å². The Morgan fingerprint density at radius 2 is 2.11 bits per heavy atom. The molecule has 0 radical (unpaired) electrons. The molecule has 0 fully saturated rings. The Hall–Kier alpha value is -1.17. The van der Waals surface area contributed by atoms with E-state index in [2.05, 4.69) is 6.58 Å². The first-order valence-corrected chi connectivity index (χ1v) is 7.72. The molecule has 5 heteroatoms. The van der Waals surface area contributed by atoms with Crippen LogP contribution >= 0.6 is 0 Å². The molecule has 0 saturated heterocycles. The van der Waals surface area contributed by atoms with Crippen LogP contribution in [0.1, 0.15) is 24.5 Å². The maximum atomic E-state index is 12.5. The fraction of sp³-hybridized carbons (Fsp3) is 0.429. The van der Waals surface area contributed by atoms with Crippen molar-refractivity contribution in [1.82, 2.24) is 4.31 Å². The summed E-state index contributed by atoms with van der Waals surface area (Å²) < 4.78 is 26.4. The number of rotatable bonds is 7. The van der Waals surface area contributed by atoms with Crippen molar-refractivity contribution in [2.45, 2.75) is 31.8 Å². The minimum absolute atomic E-state index is 0.162. The Labute approximate surface area is 115 Å². The molecule has 1 aromatic rings. The first-order valence-electron chi connectivity index (χ1n) is 6.28. The lowest BCUT2D eigenvalue weighted by molar-refractivity contribution is 0.280. The molecule has 106 valence electrons. The highest BCUT2D eigenvalue weighted by atomic mass is 32.2. The van der Waals surface area contributed by atoms with Crippen molar-refractivity contribution in [2.75, 3.05) is 13.1 Å². The monoisotopic (exact) mass is 283 g/mol. The third-order valence-corrected chi connectivity index (χ3v) is 4.80. The van der Waals surface area contributed by atoms with Gasteiger partial charge in [-0.15, -0.1) is 6.58 Å². The summed E-state index contributed by atoms with van der Waals surface area (Å²) in [5, 5.41) is 9.23. The lowest BCUT2D eigenvalue weighted by Crippen LogP contribution is -2.32. The summed E-state index contributed by atoms with van der Waals surface area (Å²) in [4.78, 5) is 0.220. The fourth-order valence-corrected chi connectivity index (χ4v) is 3.38. The second-order valence-corrected chi connectivity index (χ2v) is 6.34. The van der Waals surface area contributed by atoms with Gasteiger partial charge in [0.15, 0.2) is 0 Å². The van der Waals surface area contributed by atoms with Crippen molar-refractivity contribution in [3.63, 3.8) is 0 Å². The third kappa shape index (κ3) is 3.65. The third-order valence-electron chi connectivity index (χ3n) is 2.93. The molecule has 0 aliphatic heterocycles. The smallest absolute Gasteiger partial charge is 0.243 e. The van der Waals surface area contributed by atoms with E-state index in [-0.39, 0.29) is 11.5 Å². The summed E-state index contributed by atoms with van der Waals surface area (Å²) in [6, 6.07) is 4.84. The Balaban J connectivity index is 3.20. The quantitative estimate of drug-likeness (QED) is 0.779. The van der Waals surface area contributed by atoms with E-state index in [0.29, 0.717) is 18.7 Å². The SMILES string of the molecule is C=CCN(CCC)S(=O)(=O)c1ccc(C)c(CO)c1. The van der Waals surface area contributed by atoms with Crippen LogP contribution in [0.3, 0.4) is 0 Å². The number of aliphatic hydroxyl groups is 1. The molecule has 0 atom stereocenters. The van der Waals surface area contributed by atoms with Crippen molar-refractivity contribution in [3.05, 3.63) is 42.0 Å². The van der Waals surface area contributed by atoms with Gasteiger partial charge in [0.1, 0.15) is 0 Å². The van der Waals surface area contributed by atoms with E-state index < -0.39 is 10.0 Å². The first-order chi connectivity index (χ1) is 8.97. The van der Waals surface area contributed by atoms with Gasteiger partial charge in [-0.25, -0.2) is 8.42 Å². The van der Waals surface area contributed by atoms with Crippen LogP contribution in [0.2, 0.25) is 0 Å². The van der Waals surface area contributed by atoms with Crippen LogP contribution in [0.4, 0.5) is 0 Å². The van der Waals surface area contributed by atoms with Crippen molar-refractivity contribution in [3.8, 4) is 0 Å². The molecule has 1 N–H and O–H groups in total. The second-order valence-electron chi connectivity index (χ2n) is 4.40. The van der Waals surface area contributed by atoms with Crippen LogP contribution in [0.5, 0.6) is 0 Å². The molecular formula is C14H21NO3S. The van der Waals surface area contributed by atoms with Crippen LogP contribution in [0.25, 0.3) is 0 Å². The van der Waals surface area contributed by atoms with Gasteiger partial charge >= 0.3 is 0 Å². The minimum Gasteiger partial charge on any atom is -0.392 e. The first kappa shape index (κ1) is 15.9. The van der Waals surface area contributed by atoms with E-state index in [1.807, 2.05) is 13.8 Å². The molecule has 0 spiro atoms. The fourth-order valence-electron chi connectivity index (χ4n) is 1.83. The molecule has 0 aromatic heterocycles. The van der Waals surface area contributed by atoms with Crippen molar-refractivity contribution in [2.24, 2.45) is 0 Å². The van der Waals surface area contributed by atoms with Gasteiger partial charge in [-0.3, -0.25) is 0 Å². The summed E-state index contributed by atoms with van der Waals surface area (Å²) in [7, 11) is -3.52. The van der Waals surface area contributed by atoms with Gasteiger partial charge in [0.05, 0.1) is 11.5 Å². The molecule has 0 aliphatic carbocycles. The zero-order valence-electron chi connectivity index (χ0n) is 11.5. The molecule has 1 rings (SSSR count). The molecule has 0 unspecified atom stereocenters. The number of nitrogens with zero attached hydrogens (tertiary/aromatic N) is 1. The van der Waals surface area contributed by atoms with Crippen LogP contribution in [0, 0.1) is 6.92 Å². The number of benzene rings is 1. The van der Waals surface area contributed by atoms with Gasteiger partial charge in [-0.2, -0.15) is 4.31 Å². The van der Waals surface area contributed by atoms with Crippen molar-refractivity contribution < 1.29 is 13.5 Å². The summed E-state index contributed by atoms with van der Waals surface area (Å²) in [6.45, 7) is 7.95. The highest BCUT2D eigenvalue weighted by Crippen LogP contribution is 2.20. The second kappa shape index (κ2) is 6.84. The predicted molar refractivity (Wildman–Crippen MR) is 76.3 cm³/mol. The van der Waals surface area contributed by atoms with Gasteiger partial charge < -0.3 is 5.11 Å². The highest BCUT2D eigenvalue weighted by molar-refractivity contribution is 7.89. The molecule has 0 bridgehead atoms. The van der Waals surface area contributed by atoms with Crippen LogP contribution < -0.4 is 0 Å². The van der Waals surface area contributed by atoms with E-state index in [1.54, 1.807) is 18.2 Å². The normalized spacial score (nSPS) is 11.8. The van der Waals surface area contributed by atoms with Crippen LogP contribution in [-0.2, 0) is 16.6 Å². The van der Waals surface area contributed by atoms with Crippen LogP contribution in [0.15, 0.2) is 35.7 Å². The maximum absolute atomic E-state index is 12.5. The Morgan fingerprint density at radius 1 is 1.42 bits per heavy atom. The largest absolute Gasteiger partial charge is 0.392 e. The number of sulfonamides is 1. The standard InChI is InChI=1S/C14H21NO3S/c1-4-8-15(9-5-2)19(17,18)14-7-6-12(3)13(10-14)11-16/h4,6-7,10,16H,1,5,8-9,11H2,2-3H3. The van der Waals surface area contributed by atoms with Gasteiger partial charge in [-0.05, 0) is 36.6 Å². The minimum atomic E-state index is -3.52. The zero-order valence-corrected chi connectivity index (χ0v) is 12.3. The van der Waals surface area contributed by atoms with E-state index in [4.69, 9.17) is 0 Å². The molecule has 0 amide bonds. The average Bonchev–Trinajstić information content (AvgIpc) is 2.38. The van der Waals surface area contributed by atoms with Gasteiger partial charge in [-0.1, -0.05) is 19.1 Å². The topological polar surface area (TPSA) is 57.6 Å². The maximum Gasteiger partial charge on any atom is 0.243 e. The summed E-state index contributed by atoms with van der Waals surface area (Å²) in [5.74, 6) is 0. The average molecular weight is 283 g/mol. The summed E-state index contributed by atoms with van der Waals surface area (Å²) in [5.41, 5.74) is 1.52. The number of hydrogen-bond donors (Lipinski definition) is 1. The highest BCUT2D eigenvalue weighted by Gasteiger charge is 2.23. The molecule has 4 nitrogen and oxygen atoms in total. The predicted octanol–water partition coefficient (Wildman–Crippen LogP) is 2.07. The summed E-state index contributed by atoms with van der Waals surface area (Å²) >= 11 is 0. The molecule has 0 heterocycles. The number of hydrogen-bond acceptors (Lipinski definition) is 3. The number of aliphatic hydroxyl groups excluding tert-OH is 1. The van der Waals surface area contributed by atoms with Crippen molar-refractivity contribution in [1.29, 1.82) is 0 Å². The lowest BCUT2D eigenvalue weighted by Gasteiger charge is -2.20. The lowest BCUT2D eigenvalue weighted by atomic mass is 10.1. The van der Waals surface area contributed by atoms with E-state index in [0.717, 1.165) is 12.0 Å². The van der Waals surface area contributed by atoms with E-state index in [1.165, 1.54) is 10.4 Å². The zero-order chi connectivity index (χ0) is 14.5. The Kier molecular flexibility index (Phi) is 5.72. The molecule has 19 heavy (non-hydrogen) atoms. The van der Waals surface area contributed by atoms with Crippen LogP contribution in [-0.4, -0.2) is 30.9 Å². The van der Waals surface area contributed by atoms with Gasteiger partial charge in [0.2, 0.25) is 10.0 Å². The Morgan fingerprint density at radius 3 is 2.63 bits per heavy atom. The van der Waals surface area contributed by atoms with E-state index >= 15 is 0 Å². The number of aryl methyl sites for hydroxylation is 1. The van der Waals surface area contributed by atoms with Gasteiger partial charge in [0, 0.05) is 13.1 Å². The van der Waals surface area contributed by atoms with Gasteiger partial charge in [0.25, 0.3) is 0 Å². The molecule has 0 aliphatic rings. The molecule has 1 aromatic carbocycles. The summed E-state index contributed by atoms with van der Waals surface area (Å²) in [6.07, 6.45) is 2.32. The Bertz CT molecular complexity index is 538.